The Morgan fingerprint density at radius 2 is 1.89 bits per heavy atom. The molecule has 3 rings (SSSR count). The third kappa shape index (κ3) is 4.93. The number of anilines is 1. The fourth-order valence-electron chi connectivity index (χ4n) is 2.95. The molecule has 1 atom stereocenters. The van der Waals surface area contributed by atoms with Gasteiger partial charge in [-0.25, -0.2) is 0 Å². The average Bonchev–Trinajstić information content (AvgIpc) is 2.69. The summed E-state index contributed by atoms with van der Waals surface area (Å²) in [5, 5.41) is 5.84. The number of hydrogen-bond acceptors (Lipinski definition) is 4. The van der Waals surface area contributed by atoms with E-state index in [1.54, 1.807) is 24.3 Å². The normalized spacial score (nSPS) is 17.3. The van der Waals surface area contributed by atoms with Crippen LogP contribution in [0.2, 0.25) is 0 Å². The molecule has 1 saturated heterocycles. The number of hydrogen-bond donors (Lipinski definition) is 2. The molecule has 2 aromatic rings. The minimum Gasteiger partial charge on any atom is -0.378 e. The molecular weight excluding hydrogens is 342 g/mol. The summed E-state index contributed by atoms with van der Waals surface area (Å²) < 4.78 is 5.47. The van der Waals surface area contributed by atoms with Crippen LogP contribution in [0.5, 0.6) is 0 Å². The summed E-state index contributed by atoms with van der Waals surface area (Å²) in [4.78, 5) is 27.1. The van der Waals surface area contributed by atoms with Crippen LogP contribution in [0.1, 0.15) is 26.3 Å². The van der Waals surface area contributed by atoms with Crippen LogP contribution >= 0.6 is 0 Å². The third-order valence-corrected chi connectivity index (χ3v) is 4.80. The van der Waals surface area contributed by atoms with Crippen molar-refractivity contribution in [2.24, 2.45) is 0 Å². The van der Waals surface area contributed by atoms with Crippen molar-refractivity contribution in [2.75, 3.05) is 38.7 Å². The van der Waals surface area contributed by atoms with Gasteiger partial charge in [-0.2, -0.15) is 0 Å². The highest BCUT2D eigenvalue weighted by atomic mass is 16.5. The molecule has 0 spiro atoms. The van der Waals surface area contributed by atoms with Crippen molar-refractivity contribution in [3.8, 4) is 0 Å². The summed E-state index contributed by atoms with van der Waals surface area (Å²) in [6, 6.07) is 14.5. The average molecular weight is 367 g/mol. The van der Waals surface area contributed by atoms with E-state index in [2.05, 4.69) is 15.5 Å². The zero-order chi connectivity index (χ0) is 19.2. The van der Waals surface area contributed by atoms with Gasteiger partial charge in [0.05, 0.1) is 19.3 Å². The third-order valence-electron chi connectivity index (χ3n) is 4.80. The Hall–Kier alpha value is -2.70. The van der Waals surface area contributed by atoms with Crippen molar-refractivity contribution in [2.45, 2.75) is 13.0 Å². The first-order valence-electron chi connectivity index (χ1n) is 9.08. The molecule has 0 bridgehead atoms. The van der Waals surface area contributed by atoms with Gasteiger partial charge in [0.25, 0.3) is 11.8 Å². The van der Waals surface area contributed by atoms with Crippen molar-refractivity contribution in [1.29, 1.82) is 0 Å². The molecular formula is C21H25N3O3. The molecule has 1 unspecified atom stereocenters. The Morgan fingerprint density at radius 3 is 2.63 bits per heavy atom. The first-order valence-corrected chi connectivity index (χ1v) is 9.08. The fraction of sp³-hybridized carbons (Fsp3) is 0.333. The van der Waals surface area contributed by atoms with Gasteiger partial charge >= 0.3 is 0 Å². The summed E-state index contributed by atoms with van der Waals surface area (Å²) in [6.45, 7) is 4.62. The number of carbonyl (C=O) groups excluding carboxylic acids is 2. The maximum absolute atomic E-state index is 12.5. The van der Waals surface area contributed by atoms with Crippen molar-refractivity contribution >= 4 is 17.5 Å². The first-order chi connectivity index (χ1) is 13.0. The number of ether oxygens (including phenoxy) is 1. The Balaban J connectivity index is 1.65. The number of likely N-dealkylation sites (N-methyl/N-ethyl adjacent to an activating group) is 1. The van der Waals surface area contributed by atoms with E-state index in [4.69, 9.17) is 4.74 Å². The van der Waals surface area contributed by atoms with Crippen molar-refractivity contribution in [3.05, 3.63) is 65.2 Å². The maximum atomic E-state index is 12.5. The molecule has 0 aromatic heterocycles. The number of carbonyl (C=O) groups is 2. The lowest BCUT2D eigenvalue weighted by Crippen LogP contribution is -2.49. The van der Waals surface area contributed by atoms with Gasteiger partial charge in [0.15, 0.2) is 0 Å². The highest BCUT2D eigenvalue weighted by Crippen LogP contribution is 2.18. The van der Waals surface area contributed by atoms with Crippen LogP contribution in [0.3, 0.4) is 0 Å². The summed E-state index contributed by atoms with van der Waals surface area (Å²) in [5.41, 5.74) is 2.63. The van der Waals surface area contributed by atoms with E-state index in [0.29, 0.717) is 30.0 Å². The molecule has 6 heteroatoms. The molecule has 0 aliphatic carbocycles. The molecule has 1 heterocycles. The summed E-state index contributed by atoms with van der Waals surface area (Å²) in [6.07, 6.45) is 0. The van der Waals surface area contributed by atoms with Gasteiger partial charge in [-0.05, 0) is 43.8 Å². The van der Waals surface area contributed by atoms with Crippen LogP contribution in [-0.4, -0.2) is 56.1 Å². The van der Waals surface area contributed by atoms with Gasteiger partial charge < -0.3 is 15.4 Å². The second-order valence-corrected chi connectivity index (χ2v) is 6.77. The Labute approximate surface area is 159 Å². The summed E-state index contributed by atoms with van der Waals surface area (Å²) >= 11 is 0. The number of amides is 2. The largest absolute Gasteiger partial charge is 0.378 e. The molecule has 0 saturated carbocycles. The van der Waals surface area contributed by atoms with Crippen molar-refractivity contribution in [3.63, 3.8) is 0 Å². The van der Waals surface area contributed by atoms with Crippen molar-refractivity contribution < 1.29 is 14.3 Å². The second-order valence-electron chi connectivity index (χ2n) is 6.77. The van der Waals surface area contributed by atoms with Gasteiger partial charge in [-0.3, -0.25) is 14.5 Å². The summed E-state index contributed by atoms with van der Waals surface area (Å²) in [5.74, 6) is -0.360. The Kier molecular flexibility index (Phi) is 6.21. The van der Waals surface area contributed by atoms with Crippen LogP contribution in [0, 0.1) is 6.92 Å². The molecule has 2 aromatic carbocycles. The number of morpholine rings is 1. The number of nitrogens with zero attached hydrogens (tertiary/aromatic N) is 1. The van der Waals surface area contributed by atoms with E-state index in [-0.39, 0.29) is 17.9 Å². The van der Waals surface area contributed by atoms with Gasteiger partial charge in [-0.1, -0.05) is 24.3 Å². The quantitative estimate of drug-likeness (QED) is 0.851. The van der Waals surface area contributed by atoms with Crippen LogP contribution in [0.25, 0.3) is 0 Å². The molecule has 6 nitrogen and oxygen atoms in total. The predicted octanol–water partition coefficient (Wildman–Crippen LogP) is 2.31. The number of benzene rings is 2. The molecule has 2 amide bonds. The molecule has 142 valence electrons. The topological polar surface area (TPSA) is 70.7 Å². The van der Waals surface area contributed by atoms with Crippen molar-refractivity contribution in [1.82, 2.24) is 10.2 Å². The SMILES string of the molecule is Cc1ccc(C(=O)NCC2COCCN2C)cc1NC(=O)c1ccccc1. The molecule has 0 radical (unpaired) electrons. The highest BCUT2D eigenvalue weighted by molar-refractivity contribution is 6.05. The molecule has 27 heavy (non-hydrogen) atoms. The van der Waals surface area contributed by atoms with Gasteiger partial charge in [0.1, 0.15) is 0 Å². The van der Waals surface area contributed by atoms with Crippen LogP contribution in [-0.2, 0) is 4.74 Å². The minimum atomic E-state index is -0.197. The fourth-order valence-corrected chi connectivity index (χ4v) is 2.95. The number of rotatable bonds is 5. The standard InChI is InChI=1S/C21H25N3O3/c1-15-8-9-17(20(25)22-13-18-14-27-11-10-24(18)2)12-19(15)23-21(26)16-6-4-3-5-7-16/h3-9,12,18H,10-11,13-14H2,1-2H3,(H,22,25)(H,23,26). The lowest BCUT2D eigenvalue weighted by molar-refractivity contribution is 0.00668. The Morgan fingerprint density at radius 1 is 1.11 bits per heavy atom. The van der Waals surface area contributed by atoms with Crippen LogP contribution < -0.4 is 10.6 Å². The monoisotopic (exact) mass is 367 g/mol. The first kappa shape index (κ1) is 19.1. The zero-order valence-corrected chi connectivity index (χ0v) is 15.7. The molecule has 1 aliphatic heterocycles. The van der Waals surface area contributed by atoms with E-state index in [1.807, 2.05) is 38.2 Å². The van der Waals surface area contributed by atoms with Crippen LogP contribution in [0.15, 0.2) is 48.5 Å². The molecule has 1 fully saturated rings. The van der Waals surface area contributed by atoms with Gasteiger partial charge in [-0.15, -0.1) is 0 Å². The van der Waals surface area contributed by atoms with Crippen LogP contribution in [0.4, 0.5) is 5.69 Å². The predicted molar refractivity (Wildman–Crippen MR) is 105 cm³/mol. The molecule has 2 N–H and O–H groups in total. The minimum absolute atomic E-state index is 0.163. The van der Waals surface area contributed by atoms with Gasteiger partial charge in [0.2, 0.25) is 0 Å². The second kappa shape index (κ2) is 8.79. The number of aryl methyl sites for hydroxylation is 1. The van der Waals surface area contributed by atoms with E-state index >= 15 is 0 Å². The number of nitrogens with one attached hydrogen (secondary N) is 2. The lowest BCUT2D eigenvalue weighted by Gasteiger charge is -2.32. The maximum Gasteiger partial charge on any atom is 0.255 e. The smallest absolute Gasteiger partial charge is 0.255 e. The highest BCUT2D eigenvalue weighted by Gasteiger charge is 2.20. The summed E-state index contributed by atoms with van der Waals surface area (Å²) in [7, 11) is 2.03. The molecule has 1 aliphatic rings. The zero-order valence-electron chi connectivity index (χ0n) is 15.7. The van der Waals surface area contributed by atoms with E-state index in [0.717, 1.165) is 18.7 Å². The lowest BCUT2D eigenvalue weighted by atomic mass is 10.1. The van der Waals surface area contributed by atoms with Gasteiger partial charge in [0, 0.05) is 29.9 Å². The van der Waals surface area contributed by atoms with E-state index < -0.39 is 0 Å². The Bertz CT molecular complexity index is 808. The van der Waals surface area contributed by atoms with E-state index in [9.17, 15) is 9.59 Å². The van der Waals surface area contributed by atoms with E-state index in [1.165, 1.54) is 0 Å².